The molecular formula is C8H11NO3. The van der Waals surface area contributed by atoms with Gasteiger partial charge in [0.05, 0.1) is 6.07 Å². The number of hydrogen-bond donors (Lipinski definition) is 0. The molecule has 1 heterocycles. The fraction of sp³-hybridized carbons (Fsp3) is 0.500. The molecular weight excluding hydrogens is 158 g/mol. The lowest BCUT2D eigenvalue weighted by Gasteiger charge is -2.17. The molecule has 0 amide bonds. The van der Waals surface area contributed by atoms with Crippen molar-refractivity contribution < 1.29 is 14.1 Å². The summed E-state index contributed by atoms with van der Waals surface area (Å²) in [6.45, 7) is 5.67. The Bertz CT molecular complexity index is 272. The van der Waals surface area contributed by atoms with Crippen LogP contribution in [-0.2, 0) is 0 Å². The van der Waals surface area contributed by atoms with E-state index in [1.807, 2.05) is 20.8 Å². The number of aldehydes is 1. The summed E-state index contributed by atoms with van der Waals surface area (Å²) < 4.78 is 9.94. The summed E-state index contributed by atoms with van der Waals surface area (Å²) in [5, 5.41) is 3.54. The van der Waals surface area contributed by atoms with Crippen LogP contribution in [-0.4, -0.2) is 17.0 Å². The van der Waals surface area contributed by atoms with Crippen LogP contribution >= 0.6 is 0 Å². The van der Waals surface area contributed by atoms with E-state index in [0.717, 1.165) is 0 Å². The molecule has 0 aliphatic carbocycles. The van der Waals surface area contributed by atoms with Gasteiger partial charge >= 0.3 is 0 Å². The summed E-state index contributed by atoms with van der Waals surface area (Å²) in [6.07, 6.45) is 0.586. The average Bonchev–Trinajstić information content (AvgIpc) is 2.32. The number of ether oxygens (including phenoxy) is 1. The molecule has 0 aliphatic rings. The number of aromatic nitrogens is 1. The van der Waals surface area contributed by atoms with Crippen molar-refractivity contribution in [1.82, 2.24) is 5.16 Å². The van der Waals surface area contributed by atoms with Gasteiger partial charge < -0.3 is 9.26 Å². The molecule has 0 spiro atoms. The number of carbonyl (C=O) groups excluding carboxylic acids is 1. The lowest BCUT2D eigenvalue weighted by Crippen LogP contribution is -2.23. The highest BCUT2D eigenvalue weighted by Gasteiger charge is 2.14. The molecule has 0 bridgehead atoms. The highest BCUT2D eigenvalue weighted by Crippen LogP contribution is 2.16. The summed E-state index contributed by atoms with van der Waals surface area (Å²) in [5.74, 6) is 0.513. The van der Waals surface area contributed by atoms with Crippen LogP contribution in [0.5, 0.6) is 5.88 Å². The maximum Gasteiger partial charge on any atom is 0.255 e. The Morgan fingerprint density at radius 2 is 2.25 bits per heavy atom. The first kappa shape index (κ1) is 8.77. The van der Waals surface area contributed by atoms with Gasteiger partial charge in [-0.15, -0.1) is 0 Å². The maximum absolute atomic E-state index is 10.2. The Balaban J connectivity index is 2.70. The van der Waals surface area contributed by atoms with E-state index in [9.17, 15) is 4.79 Å². The van der Waals surface area contributed by atoms with Crippen LogP contribution in [0.25, 0.3) is 0 Å². The Morgan fingerprint density at radius 1 is 1.58 bits per heavy atom. The lowest BCUT2D eigenvalue weighted by atomic mass is 10.2. The molecule has 0 saturated heterocycles. The summed E-state index contributed by atoms with van der Waals surface area (Å²) >= 11 is 0. The number of hydrogen-bond acceptors (Lipinski definition) is 4. The summed E-state index contributed by atoms with van der Waals surface area (Å²) in [7, 11) is 0. The first-order valence-corrected chi connectivity index (χ1v) is 3.62. The average molecular weight is 169 g/mol. The second kappa shape index (κ2) is 2.97. The number of carbonyl (C=O) groups is 1. The van der Waals surface area contributed by atoms with Crippen molar-refractivity contribution in [3.63, 3.8) is 0 Å². The van der Waals surface area contributed by atoms with Crippen molar-refractivity contribution in [1.29, 1.82) is 0 Å². The molecule has 0 fully saturated rings. The van der Waals surface area contributed by atoms with Gasteiger partial charge in [-0.2, -0.15) is 0 Å². The predicted octanol–water partition coefficient (Wildman–Crippen LogP) is 1.66. The first-order valence-electron chi connectivity index (χ1n) is 3.62. The molecule has 0 saturated carbocycles. The van der Waals surface area contributed by atoms with Gasteiger partial charge in [-0.05, 0) is 25.9 Å². The Morgan fingerprint density at radius 3 is 2.67 bits per heavy atom. The van der Waals surface area contributed by atoms with Crippen LogP contribution in [0, 0.1) is 0 Å². The third-order valence-corrected chi connectivity index (χ3v) is 1.03. The zero-order chi connectivity index (χ0) is 9.19. The van der Waals surface area contributed by atoms with Crippen molar-refractivity contribution in [2.45, 2.75) is 26.4 Å². The molecule has 0 unspecified atom stereocenters. The number of rotatable bonds is 2. The van der Waals surface area contributed by atoms with Crippen LogP contribution < -0.4 is 4.74 Å². The Kier molecular flexibility index (Phi) is 2.17. The topological polar surface area (TPSA) is 52.3 Å². The minimum Gasteiger partial charge on any atom is -0.470 e. The van der Waals surface area contributed by atoms with Gasteiger partial charge in [-0.3, -0.25) is 4.79 Å². The van der Waals surface area contributed by atoms with Gasteiger partial charge in [0.1, 0.15) is 5.60 Å². The van der Waals surface area contributed by atoms with E-state index < -0.39 is 0 Å². The van der Waals surface area contributed by atoms with Gasteiger partial charge in [0.15, 0.2) is 6.29 Å². The summed E-state index contributed by atoms with van der Waals surface area (Å²) in [4.78, 5) is 10.2. The summed E-state index contributed by atoms with van der Waals surface area (Å²) in [5.41, 5.74) is -0.322. The van der Waals surface area contributed by atoms with Crippen molar-refractivity contribution >= 4 is 6.29 Å². The van der Waals surface area contributed by atoms with E-state index >= 15 is 0 Å². The molecule has 0 aliphatic heterocycles. The molecule has 1 rings (SSSR count). The summed E-state index contributed by atoms with van der Waals surface area (Å²) in [6, 6.07) is 1.46. The van der Waals surface area contributed by atoms with Crippen LogP contribution in [0.3, 0.4) is 0 Å². The SMILES string of the molecule is CC(C)(C)Oc1cc(C=O)on1. The van der Waals surface area contributed by atoms with Crippen molar-refractivity contribution in [3.05, 3.63) is 11.8 Å². The van der Waals surface area contributed by atoms with Crippen LogP contribution in [0.1, 0.15) is 31.3 Å². The van der Waals surface area contributed by atoms with Crippen molar-refractivity contribution in [2.75, 3.05) is 0 Å². The largest absolute Gasteiger partial charge is 0.470 e. The zero-order valence-corrected chi connectivity index (χ0v) is 7.33. The fourth-order valence-electron chi connectivity index (χ4n) is 0.689. The second-order valence-corrected chi connectivity index (χ2v) is 3.40. The highest BCUT2D eigenvalue weighted by molar-refractivity contribution is 5.70. The Hall–Kier alpha value is -1.32. The Labute approximate surface area is 70.5 Å². The van der Waals surface area contributed by atoms with Crippen LogP contribution in [0.15, 0.2) is 10.6 Å². The molecule has 1 aromatic heterocycles. The van der Waals surface area contributed by atoms with Crippen LogP contribution in [0.4, 0.5) is 0 Å². The van der Waals surface area contributed by atoms with Gasteiger partial charge in [0.25, 0.3) is 5.88 Å². The lowest BCUT2D eigenvalue weighted by molar-refractivity contribution is 0.108. The van der Waals surface area contributed by atoms with Gasteiger partial charge in [-0.25, -0.2) is 0 Å². The molecule has 0 aromatic carbocycles. The van der Waals surface area contributed by atoms with Crippen molar-refractivity contribution in [3.8, 4) is 5.88 Å². The molecule has 66 valence electrons. The van der Waals surface area contributed by atoms with E-state index in [1.165, 1.54) is 6.07 Å². The molecule has 0 N–H and O–H groups in total. The standard InChI is InChI=1S/C8H11NO3/c1-8(2,3)11-7-4-6(5-10)12-9-7/h4-5H,1-3H3. The monoisotopic (exact) mass is 169 g/mol. The molecule has 12 heavy (non-hydrogen) atoms. The predicted molar refractivity (Wildman–Crippen MR) is 42.3 cm³/mol. The van der Waals surface area contributed by atoms with E-state index in [2.05, 4.69) is 9.68 Å². The van der Waals surface area contributed by atoms with E-state index in [1.54, 1.807) is 0 Å². The van der Waals surface area contributed by atoms with Crippen molar-refractivity contribution in [2.24, 2.45) is 0 Å². The normalized spacial score (nSPS) is 11.2. The molecule has 1 aromatic rings. The zero-order valence-electron chi connectivity index (χ0n) is 7.33. The van der Waals surface area contributed by atoms with E-state index in [4.69, 9.17) is 4.74 Å². The fourth-order valence-corrected chi connectivity index (χ4v) is 0.689. The van der Waals surface area contributed by atoms with E-state index in [0.29, 0.717) is 12.2 Å². The molecule has 0 radical (unpaired) electrons. The van der Waals surface area contributed by atoms with Gasteiger partial charge in [0.2, 0.25) is 5.76 Å². The second-order valence-electron chi connectivity index (χ2n) is 3.40. The van der Waals surface area contributed by atoms with Gasteiger partial charge in [-0.1, -0.05) is 0 Å². The van der Waals surface area contributed by atoms with Crippen LogP contribution in [0.2, 0.25) is 0 Å². The van der Waals surface area contributed by atoms with Gasteiger partial charge in [0, 0.05) is 0 Å². The smallest absolute Gasteiger partial charge is 0.255 e. The quantitative estimate of drug-likeness (QED) is 0.632. The maximum atomic E-state index is 10.2. The minimum atomic E-state index is -0.322. The minimum absolute atomic E-state index is 0.175. The molecule has 0 atom stereocenters. The molecule has 4 nitrogen and oxygen atoms in total. The highest BCUT2D eigenvalue weighted by atomic mass is 16.6. The first-order chi connectivity index (χ1) is 5.51. The molecule has 4 heteroatoms. The number of nitrogens with zero attached hydrogens (tertiary/aromatic N) is 1. The van der Waals surface area contributed by atoms with E-state index in [-0.39, 0.29) is 11.4 Å². The third-order valence-electron chi connectivity index (χ3n) is 1.03. The third kappa shape index (κ3) is 2.38.